The van der Waals surface area contributed by atoms with Gasteiger partial charge in [-0.15, -0.1) is 0 Å². The van der Waals surface area contributed by atoms with Gasteiger partial charge in [0.15, 0.2) is 5.69 Å². The Labute approximate surface area is 123 Å². The van der Waals surface area contributed by atoms with E-state index in [1.54, 1.807) is 13.1 Å². The Kier molecular flexibility index (Phi) is 4.71. The highest BCUT2D eigenvalue weighted by molar-refractivity contribution is 5.95. The predicted molar refractivity (Wildman–Crippen MR) is 80.0 cm³/mol. The Morgan fingerprint density at radius 1 is 1.24 bits per heavy atom. The third-order valence-electron chi connectivity index (χ3n) is 2.92. The zero-order valence-corrected chi connectivity index (χ0v) is 12.1. The second-order valence-corrected chi connectivity index (χ2v) is 4.61. The molecule has 0 atom stereocenters. The van der Waals surface area contributed by atoms with Crippen LogP contribution in [0.15, 0.2) is 36.4 Å². The minimum Gasteiger partial charge on any atom is -0.351 e. The van der Waals surface area contributed by atoms with E-state index in [1.165, 1.54) is 4.68 Å². The van der Waals surface area contributed by atoms with Crippen molar-refractivity contribution in [3.8, 4) is 0 Å². The maximum absolute atomic E-state index is 12.0. The first kappa shape index (κ1) is 14.8. The van der Waals surface area contributed by atoms with Crippen molar-refractivity contribution in [2.45, 2.75) is 13.3 Å². The van der Waals surface area contributed by atoms with E-state index in [4.69, 9.17) is 0 Å². The molecule has 0 bridgehead atoms. The summed E-state index contributed by atoms with van der Waals surface area (Å²) in [6.45, 7) is 2.37. The molecule has 0 aliphatic carbocycles. The van der Waals surface area contributed by atoms with Crippen molar-refractivity contribution in [1.82, 2.24) is 15.1 Å². The molecular formula is C15H18N4O2. The fraction of sp³-hybridized carbons (Fsp3) is 0.267. The summed E-state index contributed by atoms with van der Waals surface area (Å²) < 4.78 is 1.48. The smallest absolute Gasteiger partial charge is 0.271 e. The van der Waals surface area contributed by atoms with Crippen molar-refractivity contribution in [2.75, 3.05) is 11.9 Å². The zero-order chi connectivity index (χ0) is 15.2. The largest absolute Gasteiger partial charge is 0.351 e. The number of anilines is 1. The quantitative estimate of drug-likeness (QED) is 0.871. The molecule has 6 heteroatoms. The first-order chi connectivity index (χ1) is 10.1. The number of carbonyl (C=O) groups is 2. The van der Waals surface area contributed by atoms with Crippen molar-refractivity contribution in [3.63, 3.8) is 0 Å². The molecule has 2 rings (SSSR count). The number of amides is 2. The van der Waals surface area contributed by atoms with Gasteiger partial charge in [-0.25, -0.2) is 0 Å². The molecule has 0 aliphatic rings. The molecule has 110 valence electrons. The molecular weight excluding hydrogens is 268 g/mol. The van der Waals surface area contributed by atoms with Crippen LogP contribution in [0.1, 0.15) is 23.0 Å². The van der Waals surface area contributed by atoms with Gasteiger partial charge in [0.05, 0.1) is 6.42 Å². The number of benzene rings is 1. The monoisotopic (exact) mass is 286 g/mol. The van der Waals surface area contributed by atoms with Crippen LogP contribution in [0.2, 0.25) is 0 Å². The van der Waals surface area contributed by atoms with Gasteiger partial charge in [-0.3, -0.25) is 14.3 Å². The van der Waals surface area contributed by atoms with Gasteiger partial charge in [0.25, 0.3) is 5.91 Å². The summed E-state index contributed by atoms with van der Waals surface area (Å²) in [5, 5.41) is 9.50. The standard InChI is InChI=1S/C15H18N4O2/c1-3-16-15(21)12-10-13(19(2)18-12)17-14(20)9-11-7-5-4-6-8-11/h4-8,10H,3,9H2,1-2H3,(H,16,21)(H,17,20). The summed E-state index contributed by atoms with van der Waals surface area (Å²) in [6.07, 6.45) is 0.280. The van der Waals surface area contributed by atoms with Gasteiger partial charge >= 0.3 is 0 Å². The third-order valence-corrected chi connectivity index (χ3v) is 2.92. The van der Waals surface area contributed by atoms with Crippen molar-refractivity contribution in [1.29, 1.82) is 0 Å². The van der Waals surface area contributed by atoms with Crippen molar-refractivity contribution < 1.29 is 9.59 Å². The predicted octanol–water partition coefficient (Wildman–Crippen LogP) is 1.35. The lowest BCUT2D eigenvalue weighted by molar-refractivity contribution is -0.115. The summed E-state index contributed by atoms with van der Waals surface area (Å²) in [5.41, 5.74) is 1.22. The van der Waals surface area contributed by atoms with E-state index < -0.39 is 0 Å². The lowest BCUT2D eigenvalue weighted by Crippen LogP contribution is -2.23. The molecule has 2 N–H and O–H groups in total. The molecule has 1 aromatic carbocycles. The number of aromatic nitrogens is 2. The fourth-order valence-electron chi connectivity index (χ4n) is 1.91. The van der Waals surface area contributed by atoms with E-state index in [9.17, 15) is 9.59 Å². The van der Waals surface area contributed by atoms with Crippen LogP contribution < -0.4 is 10.6 Å². The van der Waals surface area contributed by atoms with Crippen molar-refractivity contribution in [3.05, 3.63) is 47.7 Å². The van der Waals surface area contributed by atoms with Gasteiger partial charge in [0.1, 0.15) is 5.82 Å². The van der Waals surface area contributed by atoms with E-state index in [0.717, 1.165) is 5.56 Å². The Morgan fingerprint density at radius 2 is 1.95 bits per heavy atom. The van der Waals surface area contributed by atoms with Crippen molar-refractivity contribution in [2.24, 2.45) is 7.05 Å². The van der Waals surface area contributed by atoms with E-state index in [1.807, 2.05) is 37.3 Å². The Bertz CT molecular complexity index is 634. The maximum atomic E-state index is 12.0. The Hall–Kier alpha value is -2.63. The molecule has 0 unspecified atom stereocenters. The van der Waals surface area contributed by atoms with Gasteiger partial charge in [-0.2, -0.15) is 5.10 Å². The van der Waals surface area contributed by atoms with Gasteiger partial charge in [-0.1, -0.05) is 30.3 Å². The Morgan fingerprint density at radius 3 is 2.62 bits per heavy atom. The van der Waals surface area contributed by atoms with Gasteiger partial charge in [0, 0.05) is 19.7 Å². The molecule has 1 heterocycles. The number of hydrogen-bond donors (Lipinski definition) is 2. The topological polar surface area (TPSA) is 76.0 Å². The summed E-state index contributed by atoms with van der Waals surface area (Å²) >= 11 is 0. The van der Waals surface area contributed by atoms with Crippen LogP contribution in [0.3, 0.4) is 0 Å². The molecule has 1 aromatic heterocycles. The summed E-state index contributed by atoms with van der Waals surface area (Å²) in [7, 11) is 1.68. The molecule has 2 aromatic rings. The average Bonchev–Trinajstić information content (AvgIpc) is 2.81. The minimum absolute atomic E-state index is 0.147. The number of carbonyl (C=O) groups excluding carboxylic acids is 2. The number of nitrogens with one attached hydrogen (secondary N) is 2. The second-order valence-electron chi connectivity index (χ2n) is 4.61. The molecule has 2 amide bonds. The molecule has 0 aliphatic heterocycles. The van der Waals surface area contributed by atoms with E-state index in [2.05, 4.69) is 15.7 Å². The van der Waals surface area contributed by atoms with Gasteiger partial charge < -0.3 is 10.6 Å². The molecule has 0 fully saturated rings. The molecule has 0 saturated heterocycles. The van der Waals surface area contributed by atoms with Crippen LogP contribution in [0.5, 0.6) is 0 Å². The second kappa shape index (κ2) is 6.69. The van der Waals surface area contributed by atoms with Gasteiger partial charge in [0.2, 0.25) is 5.91 Å². The van der Waals surface area contributed by atoms with Crippen LogP contribution >= 0.6 is 0 Å². The molecule has 0 spiro atoms. The molecule has 0 radical (unpaired) electrons. The normalized spacial score (nSPS) is 10.2. The van der Waals surface area contributed by atoms with E-state index in [0.29, 0.717) is 12.4 Å². The highest BCUT2D eigenvalue weighted by Gasteiger charge is 2.13. The molecule has 0 saturated carbocycles. The van der Waals surface area contributed by atoms with Crippen molar-refractivity contribution >= 4 is 17.6 Å². The first-order valence-electron chi connectivity index (χ1n) is 6.76. The summed E-state index contributed by atoms with van der Waals surface area (Å²) in [6, 6.07) is 11.0. The first-order valence-corrected chi connectivity index (χ1v) is 6.76. The SMILES string of the molecule is CCNC(=O)c1cc(NC(=O)Cc2ccccc2)n(C)n1. The molecule has 21 heavy (non-hydrogen) atoms. The van der Waals surface area contributed by atoms with Crippen LogP contribution in [0.4, 0.5) is 5.82 Å². The number of nitrogens with zero attached hydrogens (tertiary/aromatic N) is 2. The van der Waals surface area contributed by atoms with E-state index in [-0.39, 0.29) is 23.9 Å². The minimum atomic E-state index is -0.253. The number of aryl methyl sites for hydroxylation is 1. The summed E-state index contributed by atoms with van der Waals surface area (Å²) in [4.78, 5) is 23.7. The van der Waals surface area contributed by atoms with Crippen LogP contribution in [0, 0.1) is 0 Å². The lowest BCUT2D eigenvalue weighted by Gasteiger charge is -2.04. The zero-order valence-electron chi connectivity index (χ0n) is 12.1. The maximum Gasteiger partial charge on any atom is 0.271 e. The Balaban J connectivity index is 2.02. The van der Waals surface area contributed by atoms with Gasteiger partial charge in [-0.05, 0) is 12.5 Å². The third kappa shape index (κ3) is 3.92. The van der Waals surface area contributed by atoms with Crippen LogP contribution in [-0.2, 0) is 18.3 Å². The fourth-order valence-corrected chi connectivity index (χ4v) is 1.91. The number of hydrogen-bond acceptors (Lipinski definition) is 3. The highest BCUT2D eigenvalue weighted by Crippen LogP contribution is 2.10. The average molecular weight is 286 g/mol. The van der Waals surface area contributed by atoms with Crippen LogP contribution in [-0.4, -0.2) is 28.1 Å². The lowest BCUT2D eigenvalue weighted by atomic mass is 10.1. The molecule has 6 nitrogen and oxygen atoms in total. The number of rotatable bonds is 5. The van der Waals surface area contributed by atoms with Crippen LogP contribution in [0.25, 0.3) is 0 Å². The summed E-state index contributed by atoms with van der Waals surface area (Å²) in [5.74, 6) is 0.0977. The highest BCUT2D eigenvalue weighted by atomic mass is 16.2. The van der Waals surface area contributed by atoms with E-state index >= 15 is 0 Å².